The highest BCUT2D eigenvalue weighted by atomic mass is 35.5. The largest absolute Gasteiger partial charge is 0.310 e. The standard InChI is InChI=1S/C15H24ClN/c1-5-7-12(4)15(17-6-2)13-9-8-11(3)14(16)10-13/h8-10,12,15,17H,5-7H2,1-4H3. The van der Waals surface area contributed by atoms with E-state index >= 15 is 0 Å². The van der Waals surface area contributed by atoms with Crippen molar-refractivity contribution in [2.75, 3.05) is 6.54 Å². The fourth-order valence-electron chi connectivity index (χ4n) is 2.29. The monoisotopic (exact) mass is 253 g/mol. The van der Waals surface area contributed by atoms with Crippen molar-refractivity contribution in [1.29, 1.82) is 0 Å². The van der Waals surface area contributed by atoms with Crippen molar-refractivity contribution >= 4 is 11.6 Å². The van der Waals surface area contributed by atoms with Gasteiger partial charge in [0.1, 0.15) is 0 Å². The first-order valence-electron chi connectivity index (χ1n) is 6.59. The Morgan fingerprint density at radius 1 is 1.29 bits per heavy atom. The van der Waals surface area contributed by atoms with Crippen LogP contribution in [0.4, 0.5) is 0 Å². The average molecular weight is 254 g/mol. The summed E-state index contributed by atoms with van der Waals surface area (Å²) in [6, 6.07) is 6.83. The van der Waals surface area contributed by atoms with Gasteiger partial charge in [0.2, 0.25) is 0 Å². The van der Waals surface area contributed by atoms with E-state index in [0.717, 1.165) is 17.1 Å². The first-order valence-corrected chi connectivity index (χ1v) is 6.97. The molecule has 0 saturated heterocycles. The van der Waals surface area contributed by atoms with Crippen molar-refractivity contribution in [2.45, 2.75) is 46.6 Å². The Balaban J connectivity index is 2.92. The zero-order valence-corrected chi connectivity index (χ0v) is 12.1. The molecule has 1 aromatic carbocycles. The van der Waals surface area contributed by atoms with Gasteiger partial charge in [-0.25, -0.2) is 0 Å². The Hall–Kier alpha value is -0.530. The minimum absolute atomic E-state index is 0.415. The van der Waals surface area contributed by atoms with Crippen LogP contribution in [0.1, 0.15) is 50.8 Å². The molecule has 0 spiro atoms. The predicted octanol–water partition coefficient (Wildman–Crippen LogP) is 4.74. The number of hydrogen-bond donors (Lipinski definition) is 1. The molecule has 2 unspecified atom stereocenters. The number of nitrogens with one attached hydrogen (secondary N) is 1. The van der Waals surface area contributed by atoms with Crippen molar-refractivity contribution < 1.29 is 0 Å². The van der Waals surface area contributed by atoms with Crippen LogP contribution in [0.2, 0.25) is 5.02 Å². The van der Waals surface area contributed by atoms with Gasteiger partial charge < -0.3 is 5.32 Å². The molecule has 0 aromatic heterocycles. The average Bonchev–Trinajstić information content (AvgIpc) is 2.30. The van der Waals surface area contributed by atoms with Crippen molar-refractivity contribution in [2.24, 2.45) is 5.92 Å². The second-order valence-corrected chi connectivity index (χ2v) is 5.22. The fraction of sp³-hybridized carbons (Fsp3) is 0.600. The van der Waals surface area contributed by atoms with Gasteiger partial charge in [-0.05, 0) is 43.0 Å². The summed E-state index contributed by atoms with van der Waals surface area (Å²) in [6.07, 6.45) is 2.46. The van der Waals surface area contributed by atoms with Gasteiger partial charge in [-0.15, -0.1) is 0 Å². The maximum absolute atomic E-state index is 6.21. The Bertz CT molecular complexity index is 349. The zero-order valence-electron chi connectivity index (χ0n) is 11.4. The van der Waals surface area contributed by atoms with Crippen LogP contribution >= 0.6 is 11.6 Å². The second-order valence-electron chi connectivity index (χ2n) is 4.81. The molecule has 1 N–H and O–H groups in total. The molecule has 17 heavy (non-hydrogen) atoms. The Kier molecular flexibility index (Phi) is 6.01. The van der Waals surface area contributed by atoms with Crippen LogP contribution in [0.5, 0.6) is 0 Å². The molecule has 0 aliphatic heterocycles. The SMILES string of the molecule is CCCC(C)C(NCC)c1ccc(C)c(Cl)c1. The van der Waals surface area contributed by atoms with E-state index in [-0.39, 0.29) is 0 Å². The third-order valence-electron chi connectivity index (χ3n) is 3.29. The maximum atomic E-state index is 6.21. The molecule has 0 bridgehead atoms. The molecular weight excluding hydrogens is 230 g/mol. The van der Waals surface area contributed by atoms with E-state index in [2.05, 4.69) is 44.3 Å². The lowest BCUT2D eigenvalue weighted by molar-refractivity contribution is 0.369. The normalized spacial score (nSPS) is 14.6. The first-order chi connectivity index (χ1) is 8.10. The molecule has 0 saturated carbocycles. The Labute approximate surface area is 111 Å². The molecule has 0 aliphatic carbocycles. The van der Waals surface area contributed by atoms with E-state index in [4.69, 9.17) is 11.6 Å². The fourth-order valence-corrected chi connectivity index (χ4v) is 2.48. The quantitative estimate of drug-likeness (QED) is 0.773. The van der Waals surface area contributed by atoms with Crippen LogP contribution in [0.25, 0.3) is 0 Å². The van der Waals surface area contributed by atoms with Crippen LogP contribution < -0.4 is 5.32 Å². The van der Waals surface area contributed by atoms with Crippen LogP contribution in [-0.4, -0.2) is 6.54 Å². The molecular formula is C15H24ClN. The number of hydrogen-bond acceptors (Lipinski definition) is 1. The van der Waals surface area contributed by atoms with Gasteiger partial charge in [0.25, 0.3) is 0 Å². The van der Waals surface area contributed by atoms with Gasteiger partial charge in [0.05, 0.1) is 0 Å². The molecule has 2 atom stereocenters. The summed E-state index contributed by atoms with van der Waals surface area (Å²) in [5.41, 5.74) is 2.46. The third-order valence-corrected chi connectivity index (χ3v) is 3.70. The summed E-state index contributed by atoms with van der Waals surface area (Å²) in [7, 11) is 0. The Morgan fingerprint density at radius 3 is 2.53 bits per heavy atom. The summed E-state index contributed by atoms with van der Waals surface area (Å²) >= 11 is 6.21. The van der Waals surface area contributed by atoms with Gasteiger partial charge in [0.15, 0.2) is 0 Å². The lowest BCUT2D eigenvalue weighted by Crippen LogP contribution is -2.26. The van der Waals surface area contributed by atoms with E-state index in [1.54, 1.807) is 0 Å². The second kappa shape index (κ2) is 7.03. The molecule has 0 fully saturated rings. The summed E-state index contributed by atoms with van der Waals surface area (Å²) in [5.74, 6) is 0.638. The van der Waals surface area contributed by atoms with E-state index in [9.17, 15) is 0 Å². The lowest BCUT2D eigenvalue weighted by atomic mass is 9.90. The third kappa shape index (κ3) is 4.01. The zero-order chi connectivity index (χ0) is 12.8. The topological polar surface area (TPSA) is 12.0 Å². The highest BCUT2D eigenvalue weighted by Gasteiger charge is 2.18. The van der Waals surface area contributed by atoms with Crippen LogP contribution in [0.15, 0.2) is 18.2 Å². The van der Waals surface area contributed by atoms with Crippen molar-refractivity contribution in [3.8, 4) is 0 Å². The number of halogens is 1. The summed E-state index contributed by atoms with van der Waals surface area (Å²) < 4.78 is 0. The molecule has 0 amide bonds. The van der Waals surface area contributed by atoms with E-state index in [1.807, 2.05) is 6.92 Å². The van der Waals surface area contributed by atoms with Crippen molar-refractivity contribution in [1.82, 2.24) is 5.32 Å². The van der Waals surface area contributed by atoms with Crippen LogP contribution in [0, 0.1) is 12.8 Å². The molecule has 0 radical (unpaired) electrons. The van der Waals surface area contributed by atoms with E-state index in [0.29, 0.717) is 12.0 Å². The smallest absolute Gasteiger partial charge is 0.0438 e. The number of benzene rings is 1. The first kappa shape index (κ1) is 14.5. The molecule has 2 heteroatoms. The van der Waals surface area contributed by atoms with E-state index < -0.39 is 0 Å². The summed E-state index contributed by atoms with van der Waals surface area (Å²) in [6.45, 7) is 9.74. The number of aryl methyl sites for hydroxylation is 1. The molecule has 0 aliphatic rings. The summed E-state index contributed by atoms with van der Waals surface area (Å²) in [5, 5.41) is 4.44. The van der Waals surface area contributed by atoms with Gasteiger partial charge in [-0.3, -0.25) is 0 Å². The van der Waals surface area contributed by atoms with E-state index in [1.165, 1.54) is 18.4 Å². The van der Waals surface area contributed by atoms with Gasteiger partial charge in [-0.1, -0.05) is 50.9 Å². The molecule has 1 nitrogen and oxygen atoms in total. The highest BCUT2D eigenvalue weighted by Crippen LogP contribution is 2.28. The predicted molar refractivity (Wildman–Crippen MR) is 76.7 cm³/mol. The highest BCUT2D eigenvalue weighted by molar-refractivity contribution is 6.31. The molecule has 96 valence electrons. The Morgan fingerprint density at radius 2 is 2.00 bits per heavy atom. The lowest BCUT2D eigenvalue weighted by Gasteiger charge is -2.25. The maximum Gasteiger partial charge on any atom is 0.0438 e. The molecule has 1 aromatic rings. The van der Waals surface area contributed by atoms with Crippen molar-refractivity contribution in [3.05, 3.63) is 34.3 Å². The van der Waals surface area contributed by atoms with Crippen molar-refractivity contribution in [3.63, 3.8) is 0 Å². The summed E-state index contributed by atoms with van der Waals surface area (Å²) in [4.78, 5) is 0. The minimum Gasteiger partial charge on any atom is -0.310 e. The van der Waals surface area contributed by atoms with Crippen LogP contribution in [-0.2, 0) is 0 Å². The van der Waals surface area contributed by atoms with Crippen LogP contribution in [0.3, 0.4) is 0 Å². The molecule has 1 rings (SSSR count). The minimum atomic E-state index is 0.415. The number of rotatable bonds is 6. The van der Waals surface area contributed by atoms with Gasteiger partial charge >= 0.3 is 0 Å². The molecule has 0 heterocycles. The van der Waals surface area contributed by atoms with Gasteiger partial charge in [-0.2, -0.15) is 0 Å². The van der Waals surface area contributed by atoms with Gasteiger partial charge in [0, 0.05) is 11.1 Å².